The Labute approximate surface area is 112 Å². The van der Waals surface area contributed by atoms with E-state index < -0.39 is 8.07 Å². The van der Waals surface area contributed by atoms with Crippen LogP contribution in [0.1, 0.15) is 12.0 Å². The van der Waals surface area contributed by atoms with Crippen LogP contribution in [0.25, 0.3) is 6.08 Å². The molecule has 0 fully saturated rings. The summed E-state index contributed by atoms with van der Waals surface area (Å²) >= 11 is 0. The molecule has 0 heterocycles. The lowest BCUT2D eigenvalue weighted by atomic mass is 10.1. The molecule has 1 atom stereocenters. The smallest absolute Gasteiger partial charge is 0.0758 e. The highest BCUT2D eigenvalue weighted by atomic mass is 28.3. The van der Waals surface area contributed by atoms with Crippen molar-refractivity contribution in [3.8, 4) is 0 Å². The van der Waals surface area contributed by atoms with Gasteiger partial charge in [0.25, 0.3) is 0 Å². The first kappa shape index (κ1) is 14.9. The van der Waals surface area contributed by atoms with E-state index in [0.717, 1.165) is 5.56 Å². The molecule has 1 aromatic rings. The second kappa shape index (κ2) is 7.34. The van der Waals surface area contributed by atoms with E-state index in [0.29, 0.717) is 6.42 Å². The fourth-order valence-electron chi connectivity index (χ4n) is 1.54. The molecule has 1 aromatic carbocycles. The molecule has 0 aliphatic heterocycles. The van der Waals surface area contributed by atoms with Gasteiger partial charge in [0.05, 0.1) is 6.10 Å². The van der Waals surface area contributed by atoms with E-state index in [1.165, 1.54) is 6.04 Å². The Balaban J connectivity index is 2.34. The lowest BCUT2D eigenvalue weighted by Crippen LogP contribution is -2.17. The topological polar surface area (TPSA) is 20.2 Å². The van der Waals surface area contributed by atoms with Crippen LogP contribution in [0.2, 0.25) is 25.7 Å². The van der Waals surface area contributed by atoms with Crippen LogP contribution in [-0.4, -0.2) is 19.3 Å². The van der Waals surface area contributed by atoms with Crippen LogP contribution in [0, 0.1) is 0 Å². The second-order valence-corrected chi connectivity index (χ2v) is 11.3. The predicted octanol–water partition coefficient (Wildman–Crippen LogP) is 4.35. The lowest BCUT2D eigenvalue weighted by molar-refractivity contribution is 0.228. The van der Waals surface area contributed by atoms with E-state index in [1.807, 2.05) is 42.5 Å². The molecule has 0 radical (unpaired) electrons. The Hall–Kier alpha value is -1.12. The van der Waals surface area contributed by atoms with Gasteiger partial charge in [-0.2, -0.15) is 0 Å². The van der Waals surface area contributed by atoms with Gasteiger partial charge in [0, 0.05) is 8.07 Å². The number of rotatable bonds is 6. The molecule has 0 aliphatic carbocycles. The quantitative estimate of drug-likeness (QED) is 0.595. The van der Waals surface area contributed by atoms with Crippen molar-refractivity contribution in [2.24, 2.45) is 0 Å². The summed E-state index contributed by atoms with van der Waals surface area (Å²) in [6, 6.07) is 11.2. The zero-order chi connectivity index (χ0) is 13.4. The van der Waals surface area contributed by atoms with Gasteiger partial charge in [-0.05, 0) is 18.0 Å². The molecule has 0 saturated heterocycles. The SMILES string of the molecule is C[Si](C)(C)C/C=C/C[C@H](O)/C=C/c1ccccc1. The van der Waals surface area contributed by atoms with Crippen molar-refractivity contribution in [3.63, 3.8) is 0 Å². The van der Waals surface area contributed by atoms with Crippen molar-refractivity contribution in [3.05, 3.63) is 54.1 Å². The first-order valence-electron chi connectivity index (χ1n) is 6.54. The number of benzene rings is 1. The third-order valence-corrected chi connectivity index (χ3v) is 4.05. The van der Waals surface area contributed by atoms with E-state index >= 15 is 0 Å². The number of hydrogen-bond donors (Lipinski definition) is 1. The van der Waals surface area contributed by atoms with E-state index in [9.17, 15) is 5.11 Å². The van der Waals surface area contributed by atoms with Gasteiger partial charge in [0.2, 0.25) is 0 Å². The fourth-order valence-corrected chi connectivity index (χ4v) is 2.41. The molecule has 0 amide bonds. The van der Waals surface area contributed by atoms with Crippen LogP contribution in [0.3, 0.4) is 0 Å². The lowest BCUT2D eigenvalue weighted by Gasteiger charge is -2.11. The normalized spacial score (nSPS) is 14.4. The Morgan fingerprint density at radius 2 is 1.78 bits per heavy atom. The van der Waals surface area contributed by atoms with Gasteiger partial charge in [-0.15, -0.1) is 0 Å². The summed E-state index contributed by atoms with van der Waals surface area (Å²) in [5, 5.41) is 9.81. The van der Waals surface area contributed by atoms with Gasteiger partial charge in [-0.25, -0.2) is 0 Å². The van der Waals surface area contributed by atoms with Crippen LogP contribution < -0.4 is 0 Å². The maximum absolute atomic E-state index is 9.81. The van der Waals surface area contributed by atoms with Crippen molar-refractivity contribution in [1.29, 1.82) is 0 Å². The maximum Gasteiger partial charge on any atom is 0.0758 e. The molecule has 98 valence electrons. The summed E-state index contributed by atoms with van der Waals surface area (Å²) in [5.41, 5.74) is 1.13. The molecule has 2 heteroatoms. The molecule has 1 nitrogen and oxygen atoms in total. The van der Waals surface area contributed by atoms with Crippen molar-refractivity contribution >= 4 is 14.1 Å². The average Bonchev–Trinajstić information content (AvgIpc) is 2.32. The van der Waals surface area contributed by atoms with Crippen LogP contribution >= 0.6 is 0 Å². The van der Waals surface area contributed by atoms with Crippen LogP contribution in [0.15, 0.2) is 48.6 Å². The van der Waals surface area contributed by atoms with E-state index in [4.69, 9.17) is 0 Å². The Morgan fingerprint density at radius 3 is 2.39 bits per heavy atom. The van der Waals surface area contributed by atoms with Crippen molar-refractivity contribution in [2.75, 3.05) is 0 Å². The molecular formula is C16H24OSi. The minimum Gasteiger partial charge on any atom is -0.389 e. The van der Waals surface area contributed by atoms with E-state index in [-0.39, 0.29) is 6.10 Å². The number of aliphatic hydroxyl groups excluding tert-OH is 1. The molecule has 1 rings (SSSR count). The highest BCUT2D eigenvalue weighted by molar-refractivity contribution is 6.76. The average molecular weight is 260 g/mol. The highest BCUT2D eigenvalue weighted by Crippen LogP contribution is 2.09. The number of hydrogen-bond acceptors (Lipinski definition) is 1. The largest absolute Gasteiger partial charge is 0.389 e. The van der Waals surface area contributed by atoms with Crippen molar-refractivity contribution < 1.29 is 5.11 Å². The monoisotopic (exact) mass is 260 g/mol. The first-order chi connectivity index (χ1) is 8.47. The van der Waals surface area contributed by atoms with Gasteiger partial charge >= 0.3 is 0 Å². The summed E-state index contributed by atoms with van der Waals surface area (Å²) in [6.45, 7) is 7.05. The third-order valence-electron chi connectivity index (χ3n) is 2.58. The van der Waals surface area contributed by atoms with Gasteiger partial charge in [0.1, 0.15) is 0 Å². The van der Waals surface area contributed by atoms with E-state index in [1.54, 1.807) is 0 Å². The number of allylic oxidation sites excluding steroid dienone is 1. The molecular weight excluding hydrogens is 236 g/mol. The van der Waals surface area contributed by atoms with Gasteiger partial charge in [-0.1, -0.05) is 74.3 Å². The second-order valence-electron chi connectivity index (χ2n) is 5.81. The summed E-state index contributed by atoms with van der Waals surface area (Å²) in [6.07, 6.45) is 8.45. The highest BCUT2D eigenvalue weighted by Gasteiger charge is 2.09. The number of aliphatic hydroxyl groups is 1. The molecule has 18 heavy (non-hydrogen) atoms. The molecule has 1 N–H and O–H groups in total. The predicted molar refractivity (Wildman–Crippen MR) is 83.4 cm³/mol. The summed E-state index contributed by atoms with van der Waals surface area (Å²) in [7, 11) is -0.987. The molecule has 0 spiro atoms. The summed E-state index contributed by atoms with van der Waals surface area (Å²) < 4.78 is 0. The Bertz CT molecular complexity index is 387. The molecule has 0 aromatic heterocycles. The van der Waals surface area contributed by atoms with Crippen molar-refractivity contribution in [1.82, 2.24) is 0 Å². The molecule has 0 aliphatic rings. The molecule has 0 bridgehead atoms. The summed E-state index contributed by atoms with van der Waals surface area (Å²) in [5.74, 6) is 0. The molecule has 0 saturated carbocycles. The zero-order valence-electron chi connectivity index (χ0n) is 11.6. The Morgan fingerprint density at radius 1 is 1.11 bits per heavy atom. The van der Waals surface area contributed by atoms with Crippen LogP contribution in [0.4, 0.5) is 0 Å². The van der Waals surface area contributed by atoms with Gasteiger partial charge in [0.15, 0.2) is 0 Å². The first-order valence-corrected chi connectivity index (χ1v) is 10.2. The minimum atomic E-state index is -0.987. The standard InChI is InChI=1S/C16H24OSi/c1-18(2,3)14-8-7-11-16(17)13-12-15-9-5-4-6-10-15/h4-10,12-13,16-17H,11,14H2,1-3H3/b8-7+,13-12+/t16-/m0/s1. The van der Waals surface area contributed by atoms with E-state index in [2.05, 4.69) is 31.8 Å². The Kier molecular flexibility index (Phi) is 6.09. The van der Waals surface area contributed by atoms with Crippen LogP contribution in [0.5, 0.6) is 0 Å². The van der Waals surface area contributed by atoms with Gasteiger partial charge in [-0.3, -0.25) is 0 Å². The van der Waals surface area contributed by atoms with Crippen molar-refractivity contribution in [2.45, 2.75) is 38.2 Å². The maximum atomic E-state index is 9.81. The summed E-state index contributed by atoms with van der Waals surface area (Å²) in [4.78, 5) is 0. The molecule has 0 unspecified atom stereocenters. The zero-order valence-corrected chi connectivity index (χ0v) is 12.6. The minimum absolute atomic E-state index is 0.386. The van der Waals surface area contributed by atoms with Crippen LogP contribution in [-0.2, 0) is 0 Å². The van der Waals surface area contributed by atoms with Gasteiger partial charge < -0.3 is 5.11 Å². The fraction of sp³-hybridized carbons (Fsp3) is 0.375. The third kappa shape index (κ3) is 7.25.